The van der Waals surface area contributed by atoms with Crippen LogP contribution >= 0.6 is 18.5 Å². The fourth-order valence-corrected chi connectivity index (χ4v) is 8.23. The van der Waals surface area contributed by atoms with Crippen LogP contribution in [0.3, 0.4) is 0 Å². The van der Waals surface area contributed by atoms with Gasteiger partial charge in [-0.05, 0) is 56.5 Å². The summed E-state index contributed by atoms with van der Waals surface area (Å²) in [6.45, 7) is 37.8. The third-order valence-electron chi connectivity index (χ3n) is 9.94. The molecule has 0 saturated heterocycles. The second-order valence-corrected chi connectivity index (χ2v) is 20.3. The monoisotopic (exact) mass is 651 g/mol. The Hall–Kier alpha value is 0.495. The summed E-state index contributed by atoms with van der Waals surface area (Å²) in [7, 11) is 8.26. The van der Waals surface area contributed by atoms with Crippen LogP contribution in [0.5, 0.6) is 0 Å². The molecule has 0 bridgehead atoms. The molecule has 250 valence electrons. The fraction of sp³-hybridized carbons (Fsp3) is 0.714. The standard InChI is InChI=1S/C42H70P2.2Li/c1-37(2,3)29-25-31(39(7,8)9)35(43)33(27-29)41(13,14)23-21-19-17-18-20-22-24-42(15,16)34-28-30(38(4,5)6)26-32(36(34)44)40(10,11)12;;/h25-28,43-44H,17-24H2,1-16H3;;/q-2;2*+1. The van der Waals surface area contributed by atoms with Crippen molar-refractivity contribution >= 4 is 29.1 Å². The van der Waals surface area contributed by atoms with Gasteiger partial charge in [0.25, 0.3) is 0 Å². The smallest absolute Gasteiger partial charge is 0.524 e. The molecule has 0 spiro atoms. The Bertz CT molecular complexity index is 1160. The van der Waals surface area contributed by atoms with Crippen LogP contribution in [0.2, 0.25) is 0 Å². The average molecular weight is 651 g/mol. The van der Waals surface area contributed by atoms with Crippen molar-refractivity contribution in [2.45, 2.75) is 195 Å². The van der Waals surface area contributed by atoms with E-state index in [0.29, 0.717) is 0 Å². The molecule has 0 saturated carbocycles. The molecule has 0 aliphatic rings. The van der Waals surface area contributed by atoms with Gasteiger partial charge in [0, 0.05) is 0 Å². The molecule has 0 amide bonds. The number of rotatable bonds is 11. The van der Waals surface area contributed by atoms with E-state index in [-0.39, 0.29) is 70.2 Å². The first kappa shape index (κ1) is 46.5. The van der Waals surface area contributed by atoms with Crippen molar-refractivity contribution in [1.29, 1.82) is 0 Å². The van der Waals surface area contributed by atoms with E-state index in [0.717, 1.165) is 0 Å². The van der Waals surface area contributed by atoms with Crippen molar-refractivity contribution in [3.8, 4) is 0 Å². The molecule has 2 aromatic carbocycles. The summed E-state index contributed by atoms with van der Waals surface area (Å²) in [6, 6.07) is 9.84. The molecule has 0 atom stereocenters. The van der Waals surface area contributed by atoms with E-state index in [1.165, 1.54) is 95.4 Å². The van der Waals surface area contributed by atoms with E-state index in [2.05, 4.69) is 154 Å². The Balaban J connectivity index is 0.0000101. The second kappa shape index (κ2) is 17.1. The van der Waals surface area contributed by atoms with Gasteiger partial charge in [0.2, 0.25) is 0 Å². The van der Waals surface area contributed by atoms with Crippen LogP contribution in [-0.2, 0) is 32.5 Å². The molecule has 0 aliphatic heterocycles. The second-order valence-electron chi connectivity index (χ2n) is 19.3. The molecule has 2 rings (SSSR count). The van der Waals surface area contributed by atoms with Gasteiger partial charge >= 0.3 is 37.7 Å². The summed E-state index contributed by atoms with van der Waals surface area (Å²) < 4.78 is 0. The van der Waals surface area contributed by atoms with Crippen LogP contribution in [0.25, 0.3) is 0 Å². The first-order valence-electron chi connectivity index (χ1n) is 17.5. The fourth-order valence-electron chi connectivity index (χ4n) is 6.51. The molecule has 0 heterocycles. The first-order chi connectivity index (χ1) is 19.7. The zero-order valence-corrected chi connectivity index (χ0v) is 36.0. The minimum Gasteiger partial charge on any atom is -0.524 e. The number of benzene rings is 2. The van der Waals surface area contributed by atoms with E-state index in [4.69, 9.17) is 0 Å². The molecule has 0 nitrogen and oxygen atoms in total. The van der Waals surface area contributed by atoms with E-state index in [1.807, 2.05) is 0 Å². The molecule has 46 heavy (non-hydrogen) atoms. The molecule has 0 fully saturated rings. The van der Waals surface area contributed by atoms with E-state index < -0.39 is 0 Å². The molecule has 0 unspecified atom stereocenters. The molecule has 0 N–H and O–H groups in total. The van der Waals surface area contributed by atoms with Crippen LogP contribution in [-0.4, -0.2) is 0 Å². The average Bonchev–Trinajstić information content (AvgIpc) is 2.82. The quantitative estimate of drug-likeness (QED) is 0.143. The summed E-state index contributed by atoms with van der Waals surface area (Å²) in [5.74, 6) is 0. The van der Waals surface area contributed by atoms with Gasteiger partial charge in [-0.3, -0.25) is 0 Å². The van der Waals surface area contributed by atoms with Gasteiger partial charge in [-0.1, -0.05) is 196 Å². The minimum absolute atomic E-state index is 0. The Morgan fingerprint density at radius 3 is 0.848 bits per heavy atom. The summed E-state index contributed by atoms with van der Waals surface area (Å²) in [5.41, 5.74) is 9.49. The van der Waals surface area contributed by atoms with E-state index >= 15 is 0 Å². The van der Waals surface area contributed by atoms with Gasteiger partial charge in [-0.2, -0.15) is 10.6 Å². The summed E-state index contributed by atoms with van der Waals surface area (Å²) in [5, 5.41) is 2.62. The summed E-state index contributed by atoms with van der Waals surface area (Å²) >= 11 is 0. The predicted molar refractivity (Wildman–Crippen MR) is 207 cm³/mol. The van der Waals surface area contributed by atoms with Crippen molar-refractivity contribution in [3.05, 3.63) is 57.6 Å². The predicted octanol–water partition coefficient (Wildman–Crippen LogP) is 6.80. The first-order valence-corrected chi connectivity index (χ1v) is 18.5. The van der Waals surface area contributed by atoms with Gasteiger partial charge in [0.05, 0.1) is 0 Å². The maximum atomic E-state index is 4.13. The van der Waals surface area contributed by atoms with E-state index in [9.17, 15) is 0 Å². The minimum atomic E-state index is 0. The SMILES string of the molecule is CC(C)(C)c1cc(C(C)(C)C)c([PH-])c(C(C)(C)CCCCCCCCC(C)(C)c2cc(C(C)(C)C)cc(C(C)(C)C)c2[PH-])c1.[Li+].[Li+]. The zero-order valence-electron chi connectivity index (χ0n) is 34.0. The van der Waals surface area contributed by atoms with Crippen molar-refractivity contribution in [2.75, 3.05) is 0 Å². The molecule has 0 aromatic heterocycles. The maximum Gasteiger partial charge on any atom is 1.00 e. The van der Waals surface area contributed by atoms with Crippen molar-refractivity contribution in [2.24, 2.45) is 0 Å². The normalized spacial score (nSPS) is 13.3. The number of unbranched alkanes of at least 4 members (excludes halogenated alkanes) is 5. The molecular formula is C42H70Li2P2. The van der Waals surface area contributed by atoms with Crippen molar-refractivity contribution in [1.82, 2.24) is 0 Å². The van der Waals surface area contributed by atoms with Gasteiger partial charge in [-0.25, -0.2) is 0 Å². The molecule has 2 aromatic rings. The van der Waals surface area contributed by atoms with Crippen molar-refractivity contribution in [3.63, 3.8) is 0 Å². The van der Waals surface area contributed by atoms with Gasteiger partial charge in [-0.15, -0.1) is 0 Å². The summed E-state index contributed by atoms with van der Waals surface area (Å²) in [4.78, 5) is 0. The van der Waals surface area contributed by atoms with Crippen LogP contribution in [0, 0.1) is 0 Å². The zero-order chi connectivity index (χ0) is 34.1. The van der Waals surface area contributed by atoms with Gasteiger partial charge < -0.3 is 18.5 Å². The Morgan fingerprint density at radius 1 is 0.370 bits per heavy atom. The summed E-state index contributed by atoms with van der Waals surface area (Å²) in [6.07, 6.45) is 10.3. The number of hydrogen-bond acceptors (Lipinski definition) is 0. The van der Waals surface area contributed by atoms with Crippen molar-refractivity contribution < 1.29 is 37.7 Å². The third kappa shape index (κ3) is 12.7. The molecular weight excluding hydrogens is 580 g/mol. The Kier molecular flexibility index (Phi) is 17.3. The molecule has 0 aliphatic carbocycles. The van der Waals surface area contributed by atoms with Gasteiger partial charge in [0.1, 0.15) is 0 Å². The van der Waals surface area contributed by atoms with E-state index in [1.54, 1.807) is 0 Å². The largest absolute Gasteiger partial charge is 1.00 e. The van der Waals surface area contributed by atoms with Crippen LogP contribution in [0.15, 0.2) is 24.3 Å². The Labute approximate surface area is 317 Å². The third-order valence-corrected chi connectivity index (χ3v) is 11.0. The molecule has 4 heteroatoms. The van der Waals surface area contributed by atoms with Crippen LogP contribution < -0.4 is 48.3 Å². The Morgan fingerprint density at radius 2 is 0.609 bits per heavy atom. The number of hydrogen-bond donors (Lipinski definition) is 0. The maximum absolute atomic E-state index is 4.13. The molecule has 0 radical (unpaired) electrons. The topological polar surface area (TPSA) is 0 Å². The van der Waals surface area contributed by atoms with Crippen LogP contribution in [0.4, 0.5) is 0 Å². The van der Waals surface area contributed by atoms with Crippen LogP contribution in [0.1, 0.15) is 196 Å². The van der Waals surface area contributed by atoms with Gasteiger partial charge in [0.15, 0.2) is 0 Å².